The fourth-order valence-electron chi connectivity index (χ4n) is 3.01. The maximum absolute atomic E-state index is 13.5. The van der Waals surface area contributed by atoms with Crippen LogP contribution in [0.25, 0.3) is 0 Å². The number of hydrogen-bond acceptors (Lipinski definition) is 4. The van der Waals surface area contributed by atoms with Crippen molar-refractivity contribution >= 4 is 21.6 Å². The molecule has 8 heteroatoms. The van der Waals surface area contributed by atoms with E-state index in [0.29, 0.717) is 5.69 Å². The van der Waals surface area contributed by atoms with Gasteiger partial charge >= 0.3 is 0 Å². The maximum atomic E-state index is 13.5. The fourth-order valence-corrected chi connectivity index (χ4v) is 4.25. The highest BCUT2D eigenvalue weighted by molar-refractivity contribution is 7.92. The second kappa shape index (κ2) is 7.96. The third-order valence-corrected chi connectivity index (χ3v) is 5.84. The molecule has 0 spiro atoms. The lowest BCUT2D eigenvalue weighted by molar-refractivity contribution is -0.129. The highest BCUT2D eigenvalue weighted by Gasteiger charge is 2.21. The molecule has 27 heavy (non-hydrogen) atoms. The number of hydrogen-bond donors (Lipinski definition) is 1. The van der Waals surface area contributed by atoms with Gasteiger partial charge in [-0.3, -0.25) is 9.52 Å². The number of likely N-dealkylation sites (tertiary alicyclic amines) is 1. The van der Waals surface area contributed by atoms with Crippen molar-refractivity contribution in [2.45, 2.75) is 24.2 Å². The minimum atomic E-state index is -4.02. The van der Waals surface area contributed by atoms with E-state index in [1.165, 1.54) is 13.2 Å². The molecule has 1 heterocycles. The molecule has 1 saturated heterocycles. The van der Waals surface area contributed by atoms with Crippen molar-refractivity contribution in [1.29, 1.82) is 0 Å². The third-order valence-electron chi connectivity index (χ3n) is 4.44. The number of amides is 1. The van der Waals surface area contributed by atoms with E-state index < -0.39 is 15.8 Å². The Labute approximate surface area is 158 Å². The van der Waals surface area contributed by atoms with Gasteiger partial charge in [-0.05, 0) is 48.7 Å². The quantitative estimate of drug-likeness (QED) is 0.820. The van der Waals surface area contributed by atoms with E-state index >= 15 is 0 Å². The van der Waals surface area contributed by atoms with Crippen molar-refractivity contribution in [3.8, 4) is 5.75 Å². The predicted octanol–water partition coefficient (Wildman–Crippen LogP) is 2.80. The van der Waals surface area contributed by atoms with Crippen LogP contribution in [0.15, 0.2) is 47.4 Å². The van der Waals surface area contributed by atoms with Crippen LogP contribution in [0.5, 0.6) is 5.75 Å². The van der Waals surface area contributed by atoms with Crippen molar-refractivity contribution in [2.24, 2.45) is 0 Å². The van der Waals surface area contributed by atoms with Gasteiger partial charge in [0.05, 0.1) is 13.5 Å². The number of carbonyl (C=O) groups is 1. The lowest BCUT2D eigenvalue weighted by atomic mass is 10.1. The summed E-state index contributed by atoms with van der Waals surface area (Å²) in [5.74, 6) is -0.547. The van der Waals surface area contributed by atoms with E-state index in [1.807, 2.05) is 4.90 Å². The van der Waals surface area contributed by atoms with Gasteiger partial charge in [0.25, 0.3) is 10.0 Å². The molecule has 1 aliphatic rings. The van der Waals surface area contributed by atoms with Crippen LogP contribution < -0.4 is 9.46 Å². The Kier molecular flexibility index (Phi) is 5.65. The van der Waals surface area contributed by atoms with Crippen molar-refractivity contribution in [3.63, 3.8) is 0 Å². The number of sulfonamides is 1. The van der Waals surface area contributed by atoms with Crippen LogP contribution in [0, 0.1) is 5.82 Å². The van der Waals surface area contributed by atoms with Gasteiger partial charge in [-0.1, -0.05) is 12.1 Å². The molecule has 2 aromatic rings. The van der Waals surface area contributed by atoms with Crippen LogP contribution >= 0.6 is 0 Å². The van der Waals surface area contributed by atoms with Crippen LogP contribution in [0.3, 0.4) is 0 Å². The third kappa shape index (κ3) is 4.57. The lowest BCUT2D eigenvalue weighted by Gasteiger charge is -2.15. The summed E-state index contributed by atoms with van der Waals surface area (Å²) in [4.78, 5) is 13.7. The molecule has 1 N–H and O–H groups in total. The first kappa shape index (κ1) is 19.2. The topological polar surface area (TPSA) is 75.7 Å². The average molecular weight is 392 g/mol. The van der Waals surface area contributed by atoms with Crippen molar-refractivity contribution < 1.29 is 22.3 Å². The van der Waals surface area contributed by atoms with E-state index in [4.69, 9.17) is 4.74 Å². The minimum Gasteiger partial charge on any atom is -0.495 e. The summed E-state index contributed by atoms with van der Waals surface area (Å²) in [5, 5.41) is 0. The number of benzene rings is 2. The Morgan fingerprint density at radius 3 is 2.44 bits per heavy atom. The summed E-state index contributed by atoms with van der Waals surface area (Å²) >= 11 is 0. The summed E-state index contributed by atoms with van der Waals surface area (Å²) < 4.78 is 46.0. The Balaban J connectivity index is 1.72. The number of rotatable bonds is 6. The molecule has 6 nitrogen and oxygen atoms in total. The van der Waals surface area contributed by atoms with Crippen LogP contribution in [0.4, 0.5) is 10.1 Å². The van der Waals surface area contributed by atoms with E-state index in [2.05, 4.69) is 4.72 Å². The fraction of sp³-hybridized carbons (Fsp3) is 0.316. The standard InChI is InChI=1S/C19H21FN2O4S/c1-26-17-9-6-15(20)13-18(17)27(24,25)21-16-7-4-14(5-8-16)12-19(23)22-10-2-3-11-22/h4-9,13,21H,2-3,10-12H2,1H3. The van der Waals surface area contributed by atoms with Gasteiger partial charge < -0.3 is 9.64 Å². The van der Waals surface area contributed by atoms with E-state index in [-0.39, 0.29) is 23.0 Å². The molecule has 0 bridgehead atoms. The van der Waals surface area contributed by atoms with Gasteiger partial charge in [0, 0.05) is 18.8 Å². The first-order chi connectivity index (χ1) is 12.9. The Hall–Kier alpha value is -2.61. The smallest absolute Gasteiger partial charge is 0.265 e. The number of ether oxygens (including phenoxy) is 1. The van der Waals surface area contributed by atoms with Gasteiger partial charge in [-0.15, -0.1) is 0 Å². The highest BCUT2D eigenvalue weighted by Crippen LogP contribution is 2.26. The van der Waals surface area contributed by atoms with E-state index in [1.54, 1.807) is 24.3 Å². The van der Waals surface area contributed by atoms with E-state index in [0.717, 1.165) is 43.6 Å². The summed E-state index contributed by atoms with van der Waals surface area (Å²) in [5.41, 5.74) is 1.12. The second-order valence-electron chi connectivity index (χ2n) is 6.36. The molecule has 0 saturated carbocycles. The molecule has 144 valence electrons. The van der Waals surface area contributed by atoms with Crippen molar-refractivity contribution in [2.75, 3.05) is 24.9 Å². The minimum absolute atomic E-state index is 0.0525. The predicted molar refractivity (Wildman–Crippen MR) is 99.7 cm³/mol. The zero-order valence-corrected chi connectivity index (χ0v) is 15.8. The number of anilines is 1. The van der Waals surface area contributed by atoms with Crippen molar-refractivity contribution in [1.82, 2.24) is 4.90 Å². The normalized spacial score (nSPS) is 14.2. The van der Waals surface area contributed by atoms with Gasteiger partial charge in [0.2, 0.25) is 5.91 Å². The molecule has 1 amide bonds. The van der Waals surface area contributed by atoms with Crippen LogP contribution in [-0.4, -0.2) is 39.4 Å². The Morgan fingerprint density at radius 1 is 1.15 bits per heavy atom. The van der Waals surface area contributed by atoms with Gasteiger partial charge in [0.15, 0.2) is 0 Å². The molecule has 0 aliphatic carbocycles. The van der Waals surface area contributed by atoms with Crippen LogP contribution in [-0.2, 0) is 21.2 Å². The summed E-state index contributed by atoms with van der Waals surface area (Å²) in [6.07, 6.45) is 2.36. The average Bonchev–Trinajstić information content (AvgIpc) is 3.18. The molecule has 0 unspecified atom stereocenters. The molecular formula is C19H21FN2O4S. The molecule has 0 atom stereocenters. The largest absolute Gasteiger partial charge is 0.495 e. The Bertz CT molecular complexity index is 923. The second-order valence-corrected chi connectivity index (χ2v) is 8.01. The molecule has 1 aliphatic heterocycles. The highest BCUT2D eigenvalue weighted by atomic mass is 32.2. The summed E-state index contributed by atoms with van der Waals surface area (Å²) in [7, 11) is -2.70. The zero-order valence-electron chi connectivity index (χ0n) is 14.9. The van der Waals surface area contributed by atoms with Gasteiger partial charge in [0.1, 0.15) is 16.5 Å². The zero-order chi connectivity index (χ0) is 19.4. The van der Waals surface area contributed by atoms with Gasteiger partial charge in [-0.25, -0.2) is 12.8 Å². The molecule has 2 aromatic carbocycles. The lowest BCUT2D eigenvalue weighted by Crippen LogP contribution is -2.29. The number of halogens is 1. The van der Waals surface area contributed by atoms with Gasteiger partial charge in [-0.2, -0.15) is 0 Å². The molecule has 1 fully saturated rings. The number of nitrogens with one attached hydrogen (secondary N) is 1. The summed E-state index contributed by atoms with van der Waals surface area (Å²) in [6.45, 7) is 1.60. The van der Waals surface area contributed by atoms with Crippen LogP contribution in [0.2, 0.25) is 0 Å². The van der Waals surface area contributed by atoms with Crippen molar-refractivity contribution in [3.05, 3.63) is 53.8 Å². The SMILES string of the molecule is COc1ccc(F)cc1S(=O)(=O)Nc1ccc(CC(=O)N2CCCC2)cc1. The number of carbonyl (C=O) groups excluding carboxylic acids is 1. The number of nitrogens with zero attached hydrogens (tertiary/aromatic N) is 1. The Morgan fingerprint density at radius 2 is 1.81 bits per heavy atom. The summed E-state index contributed by atoms with van der Waals surface area (Å²) in [6, 6.07) is 9.86. The molecule has 0 aromatic heterocycles. The van der Waals surface area contributed by atoms with E-state index in [9.17, 15) is 17.6 Å². The first-order valence-electron chi connectivity index (χ1n) is 8.62. The maximum Gasteiger partial charge on any atom is 0.265 e. The monoisotopic (exact) mass is 392 g/mol. The van der Waals surface area contributed by atoms with Crippen LogP contribution in [0.1, 0.15) is 18.4 Å². The number of methoxy groups -OCH3 is 1. The molecule has 0 radical (unpaired) electrons. The molecule has 3 rings (SSSR count). The first-order valence-corrected chi connectivity index (χ1v) is 10.1. The molecular weight excluding hydrogens is 371 g/mol.